The van der Waals surface area contributed by atoms with Gasteiger partial charge in [-0.25, -0.2) is 0 Å². The summed E-state index contributed by atoms with van der Waals surface area (Å²) >= 11 is 0. The van der Waals surface area contributed by atoms with Crippen molar-refractivity contribution in [1.29, 1.82) is 0 Å². The van der Waals surface area contributed by atoms with Gasteiger partial charge in [-0.1, -0.05) is 13.8 Å². The first kappa shape index (κ1) is 33.8. The van der Waals surface area contributed by atoms with E-state index < -0.39 is 75.4 Å². The van der Waals surface area contributed by atoms with Crippen LogP contribution in [0.15, 0.2) is 23.0 Å². The average molecular weight is 628 g/mol. The average Bonchev–Trinajstić information content (AvgIpc) is 2.88. The van der Waals surface area contributed by atoms with Crippen LogP contribution in [-0.4, -0.2) is 100 Å². The van der Waals surface area contributed by atoms with Gasteiger partial charge in [0, 0.05) is 36.8 Å². The Bertz CT molecular complexity index is 1540. The maximum Gasteiger partial charge on any atom is 0.255 e. The SMILES string of the molecule is CC(C)C(Nc1cc(N(C)C)c2c(c1O)C(O)=C1C(=O)[C@@]3(O)C(O)=C(C(N)=O)C(=O)[C@H](N(C)C)[C@H]3C[C@H]1C2)C(=O)NC(C)(C)C. The molecule has 1 aromatic carbocycles. The minimum Gasteiger partial charge on any atom is -0.508 e. The Labute approximate surface area is 262 Å². The molecule has 0 aliphatic heterocycles. The molecule has 5 atom stereocenters. The van der Waals surface area contributed by atoms with Crippen LogP contribution in [0.2, 0.25) is 0 Å². The number of fused-ring (bicyclic) bond motifs is 3. The van der Waals surface area contributed by atoms with Crippen LogP contribution >= 0.6 is 0 Å². The standard InChI is InChI=1S/C32H45N5O8/c1-13(2)22(30(44)35-31(3,4)5)34-17-12-18(36(6)7)15-10-14-11-16-23(37(8)9)26(40)21(29(33)43)28(42)32(16,45)27(41)19(14)25(39)20(15)24(17)38/h12-14,16,22-23,34,38-39,42,45H,10-11H2,1-9H3,(H2,33,43)(H,35,44)/t14-,16-,22?,23-,32-/m1/s1. The summed E-state index contributed by atoms with van der Waals surface area (Å²) < 4.78 is 0. The number of nitrogens with two attached hydrogens (primary N) is 1. The Morgan fingerprint density at radius 3 is 2.18 bits per heavy atom. The summed E-state index contributed by atoms with van der Waals surface area (Å²) in [6, 6.07) is -0.264. The number of nitrogens with zero attached hydrogens (tertiary/aromatic N) is 2. The molecule has 13 heteroatoms. The summed E-state index contributed by atoms with van der Waals surface area (Å²) in [6.07, 6.45) is 0.135. The second-order valence-corrected chi connectivity index (χ2v) is 14.1. The van der Waals surface area contributed by atoms with Crippen LogP contribution in [0.5, 0.6) is 5.75 Å². The number of rotatable bonds is 7. The lowest BCUT2D eigenvalue weighted by Crippen LogP contribution is -2.65. The number of phenolic OH excluding ortho intramolecular Hbond substituents is 1. The molecule has 8 N–H and O–H groups in total. The molecule has 1 aromatic rings. The molecule has 13 nitrogen and oxygen atoms in total. The molecule has 246 valence electrons. The van der Waals surface area contributed by atoms with Crippen LogP contribution < -0.4 is 21.3 Å². The lowest BCUT2D eigenvalue weighted by molar-refractivity contribution is -0.153. The molecule has 1 fully saturated rings. The van der Waals surface area contributed by atoms with Crippen LogP contribution in [-0.2, 0) is 25.6 Å². The van der Waals surface area contributed by atoms with Crippen molar-refractivity contribution < 1.29 is 39.6 Å². The number of Topliss-reactive ketones (excluding diaryl/α,β-unsaturated/α-hetero) is 2. The van der Waals surface area contributed by atoms with E-state index in [4.69, 9.17) is 5.73 Å². The number of benzene rings is 1. The number of aliphatic hydroxyl groups excluding tert-OH is 2. The molecule has 3 aliphatic rings. The number of amides is 2. The van der Waals surface area contributed by atoms with Gasteiger partial charge in [0.25, 0.3) is 5.91 Å². The van der Waals surface area contributed by atoms with Gasteiger partial charge >= 0.3 is 0 Å². The summed E-state index contributed by atoms with van der Waals surface area (Å²) in [5, 5.41) is 52.3. The maximum atomic E-state index is 14.2. The number of nitrogens with one attached hydrogen (secondary N) is 2. The van der Waals surface area contributed by atoms with Crippen LogP contribution in [0.4, 0.5) is 11.4 Å². The number of carbonyl (C=O) groups excluding carboxylic acids is 4. The molecule has 1 saturated carbocycles. The molecule has 1 unspecified atom stereocenters. The van der Waals surface area contributed by atoms with Crippen molar-refractivity contribution in [3.05, 3.63) is 34.1 Å². The largest absolute Gasteiger partial charge is 0.508 e. The zero-order valence-electron chi connectivity index (χ0n) is 27.3. The van der Waals surface area contributed by atoms with Crippen molar-refractivity contribution in [2.45, 2.75) is 70.7 Å². The van der Waals surface area contributed by atoms with Crippen molar-refractivity contribution >= 4 is 40.5 Å². The highest BCUT2D eigenvalue weighted by Gasteiger charge is 2.64. The first-order valence-electron chi connectivity index (χ1n) is 14.9. The maximum absolute atomic E-state index is 14.2. The van der Waals surface area contributed by atoms with Gasteiger partial charge < -0.3 is 41.7 Å². The third-order valence-electron chi connectivity index (χ3n) is 8.94. The summed E-state index contributed by atoms with van der Waals surface area (Å²) in [5.74, 6) is -7.71. The number of ketones is 2. The lowest BCUT2D eigenvalue weighted by atomic mass is 9.57. The fourth-order valence-corrected chi connectivity index (χ4v) is 6.95. The zero-order valence-corrected chi connectivity index (χ0v) is 27.3. The number of aliphatic hydroxyl groups is 3. The van der Waals surface area contributed by atoms with E-state index in [9.17, 15) is 39.6 Å². The Kier molecular flexibility index (Phi) is 8.53. The molecule has 0 bridgehead atoms. The highest BCUT2D eigenvalue weighted by atomic mass is 16.3. The van der Waals surface area contributed by atoms with Crippen LogP contribution in [0.1, 0.15) is 52.2 Å². The Hall–Kier alpha value is -4.10. The topological polar surface area (TPSA) is 206 Å². The van der Waals surface area contributed by atoms with Gasteiger partial charge in [-0.3, -0.25) is 24.1 Å². The molecule has 0 saturated heterocycles. The number of anilines is 2. The molecule has 0 spiro atoms. The summed E-state index contributed by atoms with van der Waals surface area (Å²) in [7, 11) is 6.66. The zero-order chi connectivity index (χ0) is 34.1. The minimum absolute atomic E-state index is 0.0121. The van der Waals surface area contributed by atoms with Gasteiger partial charge in [-0.2, -0.15) is 0 Å². The number of hydrogen-bond donors (Lipinski definition) is 7. The summed E-state index contributed by atoms with van der Waals surface area (Å²) in [6.45, 7) is 9.25. The Morgan fingerprint density at radius 1 is 1.09 bits per heavy atom. The number of phenols is 1. The van der Waals surface area contributed by atoms with Crippen LogP contribution in [0.25, 0.3) is 5.76 Å². The number of hydrogen-bond acceptors (Lipinski definition) is 11. The van der Waals surface area contributed by atoms with Gasteiger partial charge in [-0.05, 0) is 71.2 Å². The van der Waals surface area contributed by atoms with Crippen molar-refractivity contribution in [3.8, 4) is 5.75 Å². The molecule has 45 heavy (non-hydrogen) atoms. The molecule has 2 amide bonds. The smallest absolute Gasteiger partial charge is 0.255 e. The molecular weight excluding hydrogens is 582 g/mol. The van der Waals surface area contributed by atoms with Gasteiger partial charge in [0.2, 0.25) is 11.7 Å². The summed E-state index contributed by atoms with van der Waals surface area (Å²) in [4.78, 5) is 56.2. The van der Waals surface area contributed by atoms with Gasteiger partial charge in [0.05, 0.1) is 17.3 Å². The molecular formula is C32H45N5O8. The minimum atomic E-state index is -2.73. The van der Waals surface area contributed by atoms with E-state index in [2.05, 4.69) is 10.6 Å². The van der Waals surface area contributed by atoms with E-state index in [-0.39, 0.29) is 41.5 Å². The van der Waals surface area contributed by atoms with E-state index in [1.807, 2.05) is 34.6 Å². The molecule has 3 aliphatic carbocycles. The molecule has 0 aromatic heterocycles. The normalized spacial score (nSPS) is 25.6. The van der Waals surface area contributed by atoms with E-state index >= 15 is 0 Å². The lowest BCUT2D eigenvalue weighted by Gasteiger charge is -2.50. The van der Waals surface area contributed by atoms with Crippen molar-refractivity contribution in [1.82, 2.24) is 10.2 Å². The number of likely N-dealkylation sites (N-methyl/N-ethyl adjacent to an activating group) is 1. The third-order valence-corrected chi connectivity index (χ3v) is 8.94. The fourth-order valence-electron chi connectivity index (χ4n) is 6.95. The van der Waals surface area contributed by atoms with Crippen molar-refractivity contribution in [2.24, 2.45) is 23.5 Å². The quantitative estimate of drug-likeness (QED) is 0.170. The highest BCUT2D eigenvalue weighted by Crippen LogP contribution is 2.54. The van der Waals surface area contributed by atoms with Gasteiger partial charge in [0.1, 0.15) is 28.9 Å². The Morgan fingerprint density at radius 2 is 1.69 bits per heavy atom. The van der Waals surface area contributed by atoms with Gasteiger partial charge in [0.15, 0.2) is 11.4 Å². The Balaban J connectivity index is 1.92. The van der Waals surface area contributed by atoms with Crippen LogP contribution in [0.3, 0.4) is 0 Å². The summed E-state index contributed by atoms with van der Waals surface area (Å²) in [5.41, 5.74) is 2.26. The first-order valence-corrected chi connectivity index (χ1v) is 14.9. The van der Waals surface area contributed by atoms with Crippen molar-refractivity contribution in [2.75, 3.05) is 38.4 Å². The van der Waals surface area contributed by atoms with E-state index in [0.29, 0.717) is 11.3 Å². The number of primary amides is 1. The molecule has 4 rings (SSSR count). The fraction of sp³-hybridized carbons (Fsp3) is 0.562. The van der Waals surface area contributed by atoms with Crippen LogP contribution in [0, 0.1) is 17.8 Å². The van der Waals surface area contributed by atoms with Crippen molar-refractivity contribution in [3.63, 3.8) is 0 Å². The van der Waals surface area contributed by atoms with E-state index in [0.717, 1.165) is 0 Å². The second kappa shape index (κ2) is 11.4. The molecule has 0 heterocycles. The highest BCUT2D eigenvalue weighted by molar-refractivity contribution is 6.24. The van der Waals surface area contributed by atoms with Gasteiger partial charge in [-0.15, -0.1) is 0 Å². The first-order chi connectivity index (χ1) is 20.6. The van der Waals surface area contributed by atoms with E-state index in [1.165, 1.54) is 4.90 Å². The predicted molar refractivity (Wildman–Crippen MR) is 169 cm³/mol. The number of carbonyl (C=O) groups is 4. The van der Waals surface area contributed by atoms with E-state index in [1.54, 1.807) is 39.2 Å². The monoisotopic (exact) mass is 627 g/mol. The molecule has 0 radical (unpaired) electrons. The second-order valence-electron chi connectivity index (χ2n) is 14.1. The predicted octanol–water partition coefficient (Wildman–Crippen LogP) is 1.38. The third kappa shape index (κ3) is 5.41. The number of aromatic hydroxyl groups is 1.